The number of hydrogen-bond acceptors (Lipinski definition) is 2. The Labute approximate surface area is 134 Å². The molecule has 1 aromatic carbocycles. The average molecular weight is 352 g/mol. The molecule has 1 nitrogen and oxygen atoms in total. The minimum absolute atomic E-state index is 0.307. The topological polar surface area (TPSA) is 12.0 Å². The van der Waals surface area contributed by atoms with Gasteiger partial charge in [0.2, 0.25) is 0 Å². The third-order valence-electron chi connectivity index (χ3n) is 3.33. The van der Waals surface area contributed by atoms with Crippen molar-refractivity contribution in [2.24, 2.45) is 0 Å². The summed E-state index contributed by atoms with van der Waals surface area (Å²) in [6, 6.07) is 13.7. The molecule has 20 heavy (non-hydrogen) atoms. The van der Waals surface area contributed by atoms with Gasteiger partial charge in [-0.15, -0.1) is 11.3 Å². The Hall–Kier alpha value is -0.640. The van der Waals surface area contributed by atoms with E-state index in [4.69, 9.17) is 0 Å². The largest absolute Gasteiger partial charge is 0.306 e. The first-order chi connectivity index (χ1) is 9.74. The van der Waals surface area contributed by atoms with E-state index in [0.717, 1.165) is 19.4 Å². The monoisotopic (exact) mass is 351 g/mol. The molecule has 0 aliphatic heterocycles. The van der Waals surface area contributed by atoms with Gasteiger partial charge in [0, 0.05) is 4.88 Å². The second-order valence-corrected chi connectivity index (χ2v) is 7.52. The van der Waals surface area contributed by atoms with E-state index in [1.165, 1.54) is 26.2 Å². The number of benzene rings is 1. The summed E-state index contributed by atoms with van der Waals surface area (Å²) in [5.74, 6) is 0. The number of aryl methyl sites for hydroxylation is 1. The van der Waals surface area contributed by atoms with Crippen LogP contribution in [0.25, 0.3) is 0 Å². The second kappa shape index (κ2) is 7.96. The molecule has 2 rings (SSSR count). The first kappa shape index (κ1) is 15.7. The molecule has 1 atom stereocenters. The predicted molar refractivity (Wildman–Crippen MR) is 92.6 cm³/mol. The van der Waals surface area contributed by atoms with Crippen molar-refractivity contribution >= 4 is 27.3 Å². The Kier molecular flexibility index (Phi) is 6.27. The second-order valence-electron chi connectivity index (χ2n) is 5.02. The minimum atomic E-state index is 0.307. The van der Waals surface area contributed by atoms with Gasteiger partial charge in [-0.25, -0.2) is 0 Å². The van der Waals surface area contributed by atoms with Gasteiger partial charge in [-0.3, -0.25) is 0 Å². The quantitative estimate of drug-likeness (QED) is 0.689. The third-order valence-corrected chi connectivity index (χ3v) is 5.02. The lowest BCUT2D eigenvalue weighted by atomic mass is 10.0. The maximum Gasteiger partial charge on any atom is 0.0702 e. The molecule has 2 aromatic rings. The maximum atomic E-state index is 3.66. The molecule has 1 unspecified atom stereocenters. The summed E-state index contributed by atoms with van der Waals surface area (Å²) in [5, 5.41) is 3.66. The fourth-order valence-electron chi connectivity index (χ4n) is 2.32. The van der Waals surface area contributed by atoms with Crippen LogP contribution in [0.1, 0.15) is 48.7 Å². The zero-order chi connectivity index (χ0) is 14.4. The van der Waals surface area contributed by atoms with Crippen LogP contribution >= 0.6 is 27.3 Å². The molecule has 1 aromatic heterocycles. The van der Waals surface area contributed by atoms with Gasteiger partial charge >= 0.3 is 0 Å². The van der Waals surface area contributed by atoms with Crippen molar-refractivity contribution in [1.82, 2.24) is 5.32 Å². The number of nitrogens with one attached hydrogen (secondary N) is 1. The number of rotatable bonds is 7. The van der Waals surface area contributed by atoms with Gasteiger partial charge in [-0.2, -0.15) is 0 Å². The van der Waals surface area contributed by atoms with Gasteiger partial charge in [-0.05, 0) is 58.6 Å². The molecule has 0 saturated carbocycles. The summed E-state index contributed by atoms with van der Waals surface area (Å²) in [6.45, 7) is 5.47. The summed E-state index contributed by atoms with van der Waals surface area (Å²) in [4.78, 5) is 1.37. The molecule has 0 aliphatic carbocycles. The molecule has 1 heterocycles. The van der Waals surface area contributed by atoms with E-state index in [1.807, 2.05) is 11.3 Å². The smallest absolute Gasteiger partial charge is 0.0702 e. The van der Waals surface area contributed by atoms with Crippen LogP contribution in [-0.2, 0) is 6.42 Å². The first-order valence-corrected chi connectivity index (χ1v) is 8.93. The Morgan fingerprint density at radius 3 is 2.35 bits per heavy atom. The zero-order valence-electron chi connectivity index (χ0n) is 12.2. The van der Waals surface area contributed by atoms with Crippen molar-refractivity contribution in [1.29, 1.82) is 0 Å². The number of hydrogen-bond donors (Lipinski definition) is 1. The van der Waals surface area contributed by atoms with Crippen LogP contribution in [0.3, 0.4) is 0 Å². The van der Waals surface area contributed by atoms with Crippen LogP contribution < -0.4 is 5.32 Å². The van der Waals surface area contributed by atoms with Gasteiger partial charge in [0.1, 0.15) is 0 Å². The summed E-state index contributed by atoms with van der Waals surface area (Å²) in [5.41, 5.74) is 2.78. The molecule has 0 amide bonds. The Morgan fingerprint density at radius 1 is 1.05 bits per heavy atom. The third kappa shape index (κ3) is 4.18. The van der Waals surface area contributed by atoms with E-state index in [9.17, 15) is 0 Å². The molecule has 108 valence electrons. The van der Waals surface area contributed by atoms with E-state index >= 15 is 0 Å². The highest BCUT2D eigenvalue weighted by Crippen LogP contribution is 2.31. The fourth-order valence-corrected chi connectivity index (χ4v) is 3.85. The lowest BCUT2D eigenvalue weighted by Crippen LogP contribution is -2.22. The molecular formula is C17H22BrNS. The molecule has 3 heteroatoms. The van der Waals surface area contributed by atoms with Gasteiger partial charge in [0.05, 0.1) is 9.83 Å². The molecule has 0 radical (unpaired) electrons. The van der Waals surface area contributed by atoms with Crippen LogP contribution in [0.2, 0.25) is 0 Å². The molecule has 0 saturated heterocycles. The van der Waals surface area contributed by atoms with E-state index in [0.29, 0.717) is 6.04 Å². The van der Waals surface area contributed by atoms with E-state index < -0.39 is 0 Å². The molecule has 0 bridgehead atoms. The molecule has 0 fully saturated rings. The van der Waals surface area contributed by atoms with Crippen LogP contribution in [0.15, 0.2) is 40.2 Å². The Morgan fingerprint density at radius 2 is 1.80 bits per heavy atom. The van der Waals surface area contributed by atoms with Crippen molar-refractivity contribution in [3.05, 3.63) is 56.2 Å². The lowest BCUT2D eigenvalue weighted by molar-refractivity contribution is 0.605. The molecule has 0 aliphatic rings. The van der Waals surface area contributed by atoms with Crippen LogP contribution in [0, 0.1) is 0 Å². The summed E-state index contributed by atoms with van der Waals surface area (Å²) >= 11 is 5.37. The Balaban J connectivity index is 2.21. The van der Waals surface area contributed by atoms with Gasteiger partial charge in [-0.1, -0.05) is 44.5 Å². The van der Waals surface area contributed by atoms with Crippen molar-refractivity contribution in [2.75, 3.05) is 6.54 Å². The zero-order valence-corrected chi connectivity index (χ0v) is 14.6. The Bertz CT molecular complexity index is 518. The van der Waals surface area contributed by atoms with Crippen molar-refractivity contribution < 1.29 is 0 Å². The molecular weight excluding hydrogens is 330 g/mol. The SMILES string of the molecule is CCCNC(c1ccc(CCC)cc1)c1ccc(Br)s1. The van der Waals surface area contributed by atoms with E-state index in [-0.39, 0.29) is 0 Å². The highest BCUT2D eigenvalue weighted by Gasteiger charge is 2.15. The standard InChI is InChI=1S/C17H22BrNS/c1-3-5-13-6-8-14(9-7-13)17(19-12-4-2)15-10-11-16(18)20-15/h6-11,17,19H,3-5,12H2,1-2H3. The van der Waals surface area contributed by atoms with E-state index in [1.54, 1.807) is 0 Å². The van der Waals surface area contributed by atoms with Gasteiger partial charge in [0.25, 0.3) is 0 Å². The predicted octanol–water partition coefficient (Wildman–Crippen LogP) is 5.55. The molecule has 1 N–H and O–H groups in total. The first-order valence-electron chi connectivity index (χ1n) is 7.32. The van der Waals surface area contributed by atoms with Crippen molar-refractivity contribution in [2.45, 2.75) is 39.2 Å². The lowest BCUT2D eigenvalue weighted by Gasteiger charge is -2.18. The highest BCUT2D eigenvalue weighted by molar-refractivity contribution is 9.11. The normalized spacial score (nSPS) is 12.6. The van der Waals surface area contributed by atoms with Gasteiger partial charge in [0.15, 0.2) is 0 Å². The number of halogens is 1. The van der Waals surface area contributed by atoms with Crippen molar-refractivity contribution in [3.8, 4) is 0 Å². The molecule has 0 spiro atoms. The van der Waals surface area contributed by atoms with E-state index in [2.05, 4.69) is 71.5 Å². The number of thiophene rings is 1. The fraction of sp³-hybridized carbons (Fsp3) is 0.412. The summed E-state index contributed by atoms with van der Waals surface area (Å²) in [6.07, 6.45) is 3.52. The maximum absolute atomic E-state index is 3.66. The minimum Gasteiger partial charge on any atom is -0.306 e. The highest BCUT2D eigenvalue weighted by atomic mass is 79.9. The van der Waals surface area contributed by atoms with Gasteiger partial charge < -0.3 is 5.32 Å². The van der Waals surface area contributed by atoms with Crippen molar-refractivity contribution in [3.63, 3.8) is 0 Å². The van der Waals surface area contributed by atoms with Crippen LogP contribution in [0.4, 0.5) is 0 Å². The average Bonchev–Trinajstić information content (AvgIpc) is 2.88. The summed E-state index contributed by atoms with van der Waals surface area (Å²) < 4.78 is 1.19. The summed E-state index contributed by atoms with van der Waals surface area (Å²) in [7, 11) is 0. The van der Waals surface area contributed by atoms with Crippen LogP contribution in [-0.4, -0.2) is 6.54 Å². The van der Waals surface area contributed by atoms with Crippen LogP contribution in [0.5, 0.6) is 0 Å².